The zero-order chi connectivity index (χ0) is 18.6. The van der Waals surface area contributed by atoms with E-state index in [1.807, 2.05) is 53.4 Å². The molecule has 2 aromatic rings. The third-order valence-electron chi connectivity index (χ3n) is 5.45. The molecule has 1 saturated heterocycles. The average Bonchev–Trinajstić information content (AvgIpc) is 3.19. The topological polar surface area (TPSA) is 52.7 Å². The van der Waals surface area contributed by atoms with Crippen molar-refractivity contribution in [2.75, 3.05) is 22.9 Å². The highest BCUT2D eigenvalue weighted by atomic mass is 16.2. The molecule has 0 spiro atoms. The standard InChI is InChI=1S/C22H25N3O2/c26-21(23-15-17-7-2-1-3-8-17)12-13-22(27)25-16-18-9-6-14-24(18)19-10-4-5-11-20(19)25/h1-5,7-8,10-11,18H,6,9,12-16H2,(H,23,26). The first-order valence-electron chi connectivity index (χ1n) is 9.69. The summed E-state index contributed by atoms with van der Waals surface area (Å²) in [4.78, 5) is 29.3. The summed E-state index contributed by atoms with van der Waals surface area (Å²) >= 11 is 0. The highest BCUT2D eigenvalue weighted by Gasteiger charge is 2.35. The van der Waals surface area contributed by atoms with E-state index in [9.17, 15) is 9.59 Å². The predicted molar refractivity (Wildman–Crippen MR) is 107 cm³/mol. The Morgan fingerprint density at radius 1 is 0.963 bits per heavy atom. The minimum Gasteiger partial charge on any atom is -0.365 e. The molecule has 5 nitrogen and oxygen atoms in total. The van der Waals surface area contributed by atoms with Crippen molar-refractivity contribution in [1.29, 1.82) is 0 Å². The van der Waals surface area contributed by atoms with E-state index in [1.165, 1.54) is 6.42 Å². The van der Waals surface area contributed by atoms with Crippen molar-refractivity contribution in [3.05, 3.63) is 60.2 Å². The smallest absolute Gasteiger partial charge is 0.227 e. The van der Waals surface area contributed by atoms with E-state index in [0.29, 0.717) is 12.6 Å². The SMILES string of the molecule is O=C(CCC(=O)N1CC2CCCN2c2ccccc21)NCc1ccccc1. The third-order valence-corrected chi connectivity index (χ3v) is 5.45. The van der Waals surface area contributed by atoms with Gasteiger partial charge in [-0.05, 0) is 30.5 Å². The van der Waals surface area contributed by atoms with E-state index in [0.717, 1.165) is 36.4 Å². The lowest BCUT2D eigenvalue weighted by atomic mass is 10.1. The van der Waals surface area contributed by atoms with Gasteiger partial charge in [-0.25, -0.2) is 0 Å². The van der Waals surface area contributed by atoms with Gasteiger partial charge in [-0.2, -0.15) is 0 Å². The molecule has 5 heteroatoms. The molecule has 2 amide bonds. The van der Waals surface area contributed by atoms with Crippen LogP contribution in [0.5, 0.6) is 0 Å². The van der Waals surface area contributed by atoms with Crippen LogP contribution >= 0.6 is 0 Å². The van der Waals surface area contributed by atoms with Crippen LogP contribution < -0.4 is 15.1 Å². The molecule has 0 aromatic heterocycles. The second-order valence-corrected chi connectivity index (χ2v) is 7.24. The first kappa shape index (κ1) is 17.6. The molecule has 1 atom stereocenters. The van der Waals surface area contributed by atoms with Gasteiger partial charge in [0.25, 0.3) is 0 Å². The molecule has 0 aliphatic carbocycles. The van der Waals surface area contributed by atoms with Crippen molar-refractivity contribution in [3.8, 4) is 0 Å². The summed E-state index contributed by atoms with van der Waals surface area (Å²) in [5.74, 6) is -0.0520. The zero-order valence-electron chi connectivity index (χ0n) is 15.4. The van der Waals surface area contributed by atoms with Gasteiger partial charge in [-0.15, -0.1) is 0 Å². The molecule has 1 N–H and O–H groups in total. The van der Waals surface area contributed by atoms with Crippen LogP contribution in [0, 0.1) is 0 Å². The van der Waals surface area contributed by atoms with Gasteiger partial charge < -0.3 is 15.1 Å². The molecular formula is C22H25N3O2. The van der Waals surface area contributed by atoms with E-state index in [2.05, 4.69) is 16.3 Å². The van der Waals surface area contributed by atoms with E-state index >= 15 is 0 Å². The van der Waals surface area contributed by atoms with E-state index in [4.69, 9.17) is 0 Å². The van der Waals surface area contributed by atoms with Gasteiger partial charge in [0.05, 0.1) is 11.4 Å². The largest absolute Gasteiger partial charge is 0.365 e. The minimum absolute atomic E-state index is 0.0314. The fourth-order valence-corrected chi connectivity index (χ4v) is 4.06. The fraction of sp³-hybridized carbons (Fsp3) is 0.364. The highest BCUT2D eigenvalue weighted by Crippen LogP contribution is 2.39. The molecule has 1 fully saturated rings. The Morgan fingerprint density at radius 2 is 1.70 bits per heavy atom. The fourth-order valence-electron chi connectivity index (χ4n) is 4.06. The monoisotopic (exact) mass is 363 g/mol. The number of hydrogen-bond donors (Lipinski definition) is 1. The number of hydrogen-bond acceptors (Lipinski definition) is 3. The molecule has 4 rings (SSSR count). The van der Waals surface area contributed by atoms with Gasteiger partial charge in [0, 0.05) is 38.5 Å². The molecular weight excluding hydrogens is 338 g/mol. The van der Waals surface area contributed by atoms with Crippen molar-refractivity contribution in [2.24, 2.45) is 0 Å². The van der Waals surface area contributed by atoms with Gasteiger partial charge in [0.15, 0.2) is 0 Å². The number of anilines is 2. The van der Waals surface area contributed by atoms with E-state index in [1.54, 1.807) is 0 Å². The zero-order valence-corrected chi connectivity index (χ0v) is 15.4. The normalized spacial score (nSPS) is 18.0. The van der Waals surface area contributed by atoms with Crippen molar-refractivity contribution in [1.82, 2.24) is 5.32 Å². The van der Waals surface area contributed by atoms with E-state index < -0.39 is 0 Å². The van der Waals surface area contributed by atoms with Crippen LogP contribution in [0.4, 0.5) is 11.4 Å². The summed E-state index contributed by atoms with van der Waals surface area (Å²) in [5.41, 5.74) is 3.18. The van der Waals surface area contributed by atoms with E-state index in [-0.39, 0.29) is 24.7 Å². The lowest BCUT2D eigenvalue weighted by molar-refractivity contribution is -0.125. The lowest BCUT2D eigenvalue weighted by Crippen LogP contribution is -2.48. The summed E-state index contributed by atoms with van der Waals surface area (Å²) in [7, 11) is 0. The molecule has 2 aliphatic heterocycles. The van der Waals surface area contributed by atoms with Gasteiger partial charge in [-0.3, -0.25) is 9.59 Å². The summed E-state index contributed by atoms with van der Waals surface area (Å²) in [6.07, 6.45) is 2.75. The number of nitrogens with one attached hydrogen (secondary N) is 1. The molecule has 140 valence electrons. The Labute approximate surface area is 160 Å². The molecule has 2 aliphatic rings. The Balaban J connectivity index is 1.35. The van der Waals surface area contributed by atoms with Crippen LogP contribution in [-0.2, 0) is 16.1 Å². The van der Waals surface area contributed by atoms with Gasteiger partial charge in [0.1, 0.15) is 0 Å². The van der Waals surface area contributed by atoms with Gasteiger partial charge in [0.2, 0.25) is 11.8 Å². The quantitative estimate of drug-likeness (QED) is 0.888. The maximum Gasteiger partial charge on any atom is 0.227 e. The molecule has 27 heavy (non-hydrogen) atoms. The maximum absolute atomic E-state index is 12.9. The molecule has 0 radical (unpaired) electrons. The molecule has 2 heterocycles. The predicted octanol–water partition coefficient (Wildman–Crippen LogP) is 3.10. The number of carbonyl (C=O) groups is 2. The van der Waals surface area contributed by atoms with Crippen LogP contribution in [-0.4, -0.2) is 30.9 Å². The Morgan fingerprint density at radius 3 is 2.52 bits per heavy atom. The summed E-state index contributed by atoms with van der Waals surface area (Å²) in [6.45, 7) is 2.28. The van der Waals surface area contributed by atoms with Gasteiger partial charge >= 0.3 is 0 Å². The van der Waals surface area contributed by atoms with Crippen LogP contribution in [0.2, 0.25) is 0 Å². The summed E-state index contributed by atoms with van der Waals surface area (Å²) < 4.78 is 0. The molecule has 1 unspecified atom stereocenters. The highest BCUT2D eigenvalue weighted by molar-refractivity contribution is 5.99. The second-order valence-electron chi connectivity index (χ2n) is 7.24. The first-order chi connectivity index (χ1) is 13.2. The number of benzene rings is 2. The Hall–Kier alpha value is -2.82. The lowest BCUT2D eigenvalue weighted by Gasteiger charge is -2.40. The summed E-state index contributed by atoms with van der Waals surface area (Å²) in [6, 6.07) is 18.3. The summed E-state index contributed by atoms with van der Waals surface area (Å²) in [5, 5.41) is 2.90. The van der Waals surface area contributed by atoms with Crippen LogP contribution in [0.15, 0.2) is 54.6 Å². The second kappa shape index (κ2) is 7.82. The number of nitrogens with zero attached hydrogens (tertiary/aromatic N) is 2. The van der Waals surface area contributed by atoms with Crippen LogP contribution in [0.3, 0.4) is 0 Å². The minimum atomic E-state index is -0.0833. The number of amides is 2. The number of carbonyl (C=O) groups excluding carboxylic acids is 2. The van der Waals surface area contributed by atoms with Crippen LogP contribution in [0.25, 0.3) is 0 Å². The number of fused-ring (bicyclic) bond motifs is 3. The Bertz CT molecular complexity index is 821. The average molecular weight is 363 g/mol. The number of para-hydroxylation sites is 2. The third kappa shape index (κ3) is 3.82. The molecule has 0 saturated carbocycles. The van der Waals surface area contributed by atoms with Crippen molar-refractivity contribution in [2.45, 2.75) is 38.3 Å². The maximum atomic E-state index is 12.9. The van der Waals surface area contributed by atoms with Crippen molar-refractivity contribution >= 4 is 23.2 Å². The number of rotatable bonds is 5. The molecule has 0 bridgehead atoms. The Kier molecular flexibility index (Phi) is 5.10. The van der Waals surface area contributed by atoms with Gasteiger partial charge in [-0.1, -0.05) is 42.5 Å². The molecule has 2 aromatic carbocycles. The van der Waals surface area contributed by atoms with Crippen molar-refractivity contribution in [3.63, 3.8) is 0 Å². The first-order valence-corrected chi connectivity index (χ1v) is 9.69. The van der Waals surface area contributed by atoms with Crippen molar-refractivity contribution < 1.29 is 9.59 Å². The van der Waals surface area contributed by atoms with Crippen LogP contribution in [0.1, 0.15) is 31.2 Å².